The lowest BCUT2D eigenvalue weighted by Gasteiger charge is -2.49. The van der Waals surface area contributed by atoms with Gasteiger partial charge in [0.15, 0.2) is 0 Å². The largest absolute Gasteiger partial charge is 0.496 e. The molecule has 1 heterocycles. The van der Waals surface area contributed by atoms with Crippen molar-refractivity contribution in [1.82, 2.24) is 10.2 Å². The Morgan fingerprint density at radius 3 is 2.45 bits per heavy atom. The molecule has 0 bridgehead atoms. The quantitative estimate of drug-likeness (QED) is 0.166. The summed E-state index contributed by atoms with van der Waals surface area (Å²) in [6, 6.07) is 12.8. The van der Waals surface area contributed by atoms with Gasteiger partial charge in [0.2, 0.25) is 11.8 Å². The van der Waals surface area contributed by atoms with Gasteiger partial charge in [0.25, 0.3) is 0 Å². The summed E-state index contributed by atoms with van der Waals surface area (Å²) in [7, 11) is 1.47. The van der Waals surface area contributed by atoms with E-state index in [4.69, 9.17) is 26.4 Å². The molecule has 1 unspecified atom stereocenters. The smallest absolute Gasteiger partial charge is 0.312 e. The number of aliphatic hydroxyl groups is 1. The number of amidine groups is 1. The maximum absolute atomic E-state index is 14.3. The summed E-state index contributed by atoms with van der Waals surface area (Å²) in [5.74, 6) is -2.50. The number of methoxy groups -OCH3 is 1. The second kappa shape index (κ2) is 12.5. The van der Waals surface area contributed by atoms with Gasteiger partial charge in [-0.25, -0.2) is 0 Å². The number of amides is 2. The van der Waals surface area contributed by atoms with Crippen molar-refractivity contribution in [3.63, 3.8) is 0 Å². The molecule has 1 aliphatic rings. The standard InChI is InChI=1S/C29H39N5O6/c1-28(2,3)29(27(38)33-15-20-11-10-19(24(31)32)14-23(20)39-4)21(12-13-34(29)25(36)22(30)16-35)26(37)40-17-18-8-6-5-7-9-18/h5-11,14,21-22,35H,12-13,15-17,30H2,1-4H3,(H3,31,32)(H,33,38)/t21?,22-,29-/m0/s1. The van der Waals surface area contributed by atoms with E-state index >= 15 is 0 Å². The second-order valence-electron chi connectivity index (χ2n) is 10.9. The normalized spacial score (nSPS) is 19.6. The van der Waals surface area contributed by atoms with Gasteiger partial charge >= 0.3 is 5.97 Å². The first kappa shape index (κ1) is 30.6. The molecule has 0 saturated carbocycles. The molecule has 0 aliphatic carbocycles. The van der Waals surface area contributed by atoms with Gasteiger partial charge < -0.3 is 36.3 Å². The summed E-state index contributed by atoms with van der Waals surface area (Å²) in [4.78, 5) is 42.6. The van der Waals surface area contributed by atoms with Crippen molar-refractivity contribution in [2.75, 3.05) is 20.3 Å². The van der Waals surface area contributed by atoms with Gasteiger partial charge in [-0.3, -0.25) is 19.8 Å². The Morgan fingerprint density at radius 2 is 1.88 bits per heavy atom. The number of carbonyl (C=O) groups is 3. The molecule has 0 aromatic heterocycles. The first-order valence-electron chi connectivity index (χ1n) is 13.1. The van der Waals surface area contributed by atoms with Crippen LogP contribution in [0.15, 0.2) is 48.5 Å². The van der Waals surface area contributed by atoms with Crippen molar-refractivity contribution >= 4 is 23.6 Å². The van der Waals surface area contributed by atoms with E-state index in [0.717, 1.165) is 5.56 Å². The third-order valence-corrected chi connectivity index (χ3v) is 7.39. The van der Waals surface area contributed by atoms with E-state index in [1.165, 1.54) is 12.0 Å². The van der Waals surface area contributed by atoms with Gasteiger partial charge in [-0.1, -0.05) is 63.2 Å². The molecule has 2 aromatic carbocycles. The first-order valence-corrected chi connectivity index (χ1v) is 13.1. The molecule has 216 valence electrons. The lowest BCUT2D eigenvalue weighted by Crippen LogP contribution is -2.69. The zero-order valence-corrected chi connectivity index (χ0v) is 23.4. The summed E-state index contributed by atoms with van der Waals surface area (Å²) in [5, 5.41) is 20.2. The minimum Gasteiger partial charge on any atom is -0.496 e. The van der Waals surface area contributed by atoms with E-state index in [1.807, 2.05) is 30.3 Å². The van der Waals surface area contributed by atoms with E-state index in [9.17, 15) is 19.5 Å². The highest BCUT2D eigenvalue weighted by Gasteiger charge is 2.65. The number of nitrogen functional groups attached to an aromatic ring is 1. The maximum Gasteiger partial charge on any atom is 0.312 e. The fourth-order valence-electron chi connectivity index (χ4n) is 5.43. The minimum atomic E-state index is -1.67. The van der Waals surface area contributed by atoms with Crippen LogP contribution in [0.3, 0.4) is 0 Å². The topological polar surface area (TPSA) is 181 Å². The highest BCUT2D eigenvalue weighted by atomic mass is 16.5. The zero-order chi connectivity index (χ0) is 29.7. The Labute approximate surface area is 234 Å². The van der Waals surface area contributed by atoms with Gasteiger partial charge in [-0.05, 0) is 23.5 Å². The fraction of sp³-hybridized carbons (Fsp3) is 0.448. The Kier molecular flexibility index (Phi) is 9.54. The van der Waals surface area contributed by atoms with Crippen LogP contribution in [-0.2, 0) is 32.3 Å². The maximum atomic E-state index is 14.3. The Bertz CT molecular complexity index is 1250. The van der Waals surface area contributed by atoms with Gasteiger partial charge in [0.05, 0.1) is 19.6 Å². The highest BCUT2D eigenvalue weighted by Crippen LogP contribution is 2.48. The highest BCUT2D eigenvalue weighted by molar-refractivity contribution is 5.99. The molecule has 2 amide bonds. The Balaban J connectivity index is 2.00. The number of nitrogens with zero attached hydrogens (tertiary/aromatic N) is 1. The molecule has 40 heavy (non-hydrogen) atoms. The van der Waals surface area contributed by atoms with Gasteiger partial charge in [0.1, 0.15) is 29.8 Å². The number of benzene rings is 2. The van der Waals surface area contributed by atoms with E-state index in [1.54, 1.807) is 39.0 Å². The molecule has 1 fully saturated rings. The Hall–Kier alpha value is -3.96. The minimum absolute atomic E-state index is 0.0118. The summed E-state index contributed by atoms with van der Waals surface area (Å²) in [6.45, 7) is 4.84. The van der Waals surface area contributed by atoms with Crippen molar-refractivity contribution in [1.29, 1.82) is 5.41 Å². The van der Waals surface area contributed by atoms with Gasteiger partial charge in [-0.2, -0.15) is 0 Å². The van der Waals surface area contributed by atoms with Crippen LogP contribution in [0.4, 0.5) is 0 Å². The van der Waals surface area contributed by atoms with Crippen molar-refractivity contribution in [3.8, 4) is 5.75 Å². The average molecular weight is 554 g/mol. The first-order chi connectivity index (χ1) is 18.9. The average Bonchev–Trinajstić information content (AvgIpc) is 3.36. The number of ether oxygens (including phenoxy) is 2. The van der Waals surface area contributed by atoms with Crippen LogP contribution in [0.25, 0.3) is 0 Å². The van der Waals surface area contributed by atoms with Crippen LogP contribution in [0.2, 0.25) is 0 Å². The molecule has 0 spiro atoms. The molecule has 11 heteroatoms. The molecule has 3 atom stereocenters. The number of likely N-dealkylation sites (tertiary alicyclic amines) is 1. The molecule has 0 radical (unpaired) electrons. The third kappa shape index (κ3) is 5.95. The predicted molar refractivity (Wildman–Crippen MR) is 149 cm³/mol. The zero-order valence-electron chi connectivity index (χ0n) is 23.4. The predicted octanol–water partition coefficient (Wildman–Crippen LogP) is 1.29. The van der Waals surface area contributed by atoms with Crippen LogP contribution in [0.5, 0.6) is 5.75 Å². The van der Waals surface area contributed by atoms with Crippen molar-refractivity contribution < 1.29 is 29.0 Å². The number of hydrogen-bond acceptors (Lipinski definition) is 8. The van der Waals surface area contributed by atoms with E-state index in [0.29, 0.717) is 16.9 Å². The SMILES string of the molecule is COc1cc(C(=N)N)ccc1CNC(=O)[C@]1(C(C)(C)C)C(C(=O)OCc2ccccc2)CCN1C(=O)[C@@H](N)CO. The van der Waals surface area contributed by atoms with Crippen LogP contribution in [0, 0.1) is 16.7 Å². The van der Waals surface area contributed by atoms with E-state index < -0.39 is 47.3 Å². The van der Waals surface area contributed by atoms with Gasteiger partial charge in [0, 0.05) is 24.2 Å². The molecular formula is C29H39N5O6. The molecule has 1 saturated heterocycles. The summed E-state index contributed by atoms with van der Waals surface area (Å²) < 4.78 is 11.1. The van der Waals surface area contributed by atoms with E-state index in [-0.39, 0.29) is 32.0 Å². The summed E-state index contributed by atoms with van der Waals surface area (Å²) in [5.41, 5.74) is 10.8. The number of aliphatic hydroxyl groups excluding tert-OH is 1. The molecule has 11 nitrogen and oxygen atoms in total. The number of nitrogens with one attached hydrogen (secondary N) is 2. The monoisotopic (exact) mass is 553 g/mol. The number of nitrogens with two attached hydrogens (primary N) is 2. The van der Waals surface area contributed by atoms with E-state index in [2.05, 4.69) is 5.32 Å². The number of carbonyl (C=O) groups excluding carboxylic acids is 3. The number of esters is 1. The Morgan fingerprint density at radius 1 is 1.20 bits per heavy atom. The third-order valence-electron chi connectivity index (χ3n) is 7.39. The summed E-state index contributed by atoms with van der Waals surface area (Å²) in [6.07, 6.45) is 0.179. The van der Waals surface area contributed by atoms with Crippen molar-refractivity contribution in [2.45, 2.75) is 51.9 Å². The van der Waals surface area contributed by atoms with Crippen LogP contribution in [0.1, 0.15) is 43.9 Å². The van der Waals surface area contributed by atoms with Crippen molar-refractivity contribution in [2.24, 2.45) is 22.8 Å². The molecular weight excluding hydrogens is 514 g/mol. The van der Waals surface area contributed by atoms with Crippen molar-refractivity contribution in [3.05, 3.63) is 65.2 Å². The van der Waals surface area contributed by atoms with Crippen LogP contribution >= 0.6 is 0 Å². The molecule has 1 aliphatic heterocycles. The lowest BCUT2D eigenvalue weighted by atomic mass is 9.65. The molecule has 2 aromatic rings. The number of hydrogen-bond donors (Lipinski definition) is 5. The lowest BCUT2D eigenvalue weighted by molar-refractivity contribution is -0.168. The molecule has 7 N–H and O–H groups in total. The van der Waals surface area contributed by atoms with Crippen LogP contribution < -0.4 is 21.5 Å². The molecule has 3 rings (SSSR count). The fourth-order valence-corrected chi connectivity index (χ4v) is 5.43. The second-order valence-corrected chi connectivity index (χ2v) is 10.9. The van der Waals surface area contributed by atoms with Crippen LogP contribution in [-0.4, -0.2) is 65.5 Å². The van der Waals surface area contributed by atoms with Gasteiger partial charge in [-0.15, -0.1) is 0 Å². The summed E-state index contributed by atoms with van der Waals surface area (Å²) >= 11 is 0. The number of rotatable bonds is 10.